The van der Waals surface area contributed by atoms with Crippen LogP contribution >= 0.6 is 0 Å². The van der Waals surface area contributed by atoms with Gasteiger partial charge >= 0.3 is 0 Å². The van der Waals surface area contributed by atoms with Crippen molar-refractivity contribution in [3.63, 3.8) is 0 Å². The molecule has 1 saturated heterocycles. The van der Waals surface area contributed by atoms with Crippen molar-refractivity contribution in [3.05, 3.63) is 18.0 Å². The zero-order chi connectivity index (χ0) is 10.3. The Morgan fingerprint density at radius 2 is 2.20 bits per heavy atom. The molecule has 1 aliphatic rings. The van der Waals surface area contributed by atoms with Crippen LogP contribution in [0.15, 0.2) is 16.9 Å². The molecule has 0 atom stereocenters. The molecule has 0 aromatic carbocycles. The van der Waals surface area contributed by atoms with E-state index in [9.17, 15) is 0 Å². The number of hydrogen-bond acceptors (Lipinski definition) is 4. The highest BCUT2D eigenvalue weighted by molar-refractivity contribution is 5.11. The molecule has 2 heterocycles. The van der Waals surface area contributed by atoms with Crippen LogP contribution in [0.3, 0.4) is 0 Å². The van der Waals surface area contributed by atoms with Crippen LogP contribution in [0.1, 0.15) is 5.69 Å². The molecule has 1 aliphatic heterocycles. The minimum atomic E-state index is 0.668. The molecular weight excluding hydrogens is 192 g/mol. The van der Waals surface area contributed by atoms with Gasteiger partial charge < -0.3 is 9.26 Å². The summed E-state index contributed by atoms with van der Waals surface area (Å²) in [5.41, 5.74) is 0.893. The van der Waals surface area contributed by atoms with E-state index in [4.69, 9.17) is 9.26 Å². The molecule has 1 aromatic rings. The maximum Gasteiger partial charge on any atom is 0.124 e. The Labute approximate surface area is 89.2 Å². The van der Waals surface area contributed by atoms with E-state index in [0.717, 1.165) is 38.5 Å². The lowest BCUT2D eigenvalue weighted by atomic mass is 10.3. The highest BCUT2D eigenvalue weighted by atomic mass is 16.5. The van der Waals surface area contributed by atoms with E-state index in [-0.39, 0.29) is 0 Å². The summed E-state index contributed by atoms with van der Waals surface area (Å²) in [5, 5.41) is 3.79. The Morgan fingerprint density at radius 3 is 2.93 bits per heavy atom. The minimum Gasteiger partial charge on any atom is -0.379 e. The van der Waals surface area contributed by atoms with Crippen LogP contribution in [0.5, 0.6) is 0 Å². The molecule has 15 heavy (non-hydrogen) atoms. The van der Waals surface area contributed by atoms with Crippen molar-refractivity contribution in [2.45, 2.75) is 6.42 Å². The smallest absolute Gasteiger partial charge is 0.124 e. The fourth-order valence-electron chi connectivity index (χ4n) is 1.41. The Bertz CT molecular complexity index is 331. The third-order valence-corrected chi connectivity index (χ3v) is 2.29. The molecule has 0 radical (unpaired) electrons. The third-order valence-electron chi connectivity index (χ3n) is 2.29. The second-order valence-corrected chi connectivity index (χ2v) is 3.41. The summed E-state index contributed by atoms with van der Waals surface area (Å²) < 4.78 is 9.97. The number of morpholine rings is 1. The molecule has 4 nitrogen and oxygen atoms in total. The molecule has 0 bridgehead atoms. The van der Waals surface area contributed by atoms with Gasteiger partial charge in [-0.05, 0) is 0 Å². The van der Waals surface area contributed by atoms with Crippen LogP contribution in [-0.4, -0.2) is 42.9 Å². The standard InChI is InChI=1S/C11H14N2O2/c1(3-11-4-8-15-12-11)2-5-13-6-9-14-10-7-13/h4,8H,3,5-7,9-10H2. The van der Waals surface area contributed by atoms with Gasteiger partial charge in [0, 0.05) is 19.2 Å². The first-order valence-electron chi connectivity index (χ1n) is 5.10. The number of rotatable bonds is 2. The van der Waals surface area contributed by atoms with Crippen LogP contribution in [0.2, 0.25) is 0 Å². The number of aromatic nitrogens is 1. The van der Waals surface area contributed by atoms with E-state index in [0.29, 0.717) is 6.42 Å². The first kappa shape index (κ1) is 10.2. The quantitative estimate of drug-likeness (QED) is 0.662. The normalized spacial score (nSPS) is 17.1. The van der Waals surface area contributed by atoms with Gasteiger partial charge in [-0.2, -0.15) is 0 Å². The maximum atomic E-state index is 5.25. The van der Waals surface area contributed by atoms with Gasteiger partial charge in [-0.3, -0.25) is 4.90 Å². The van der Waals surface area contributed by atoms with E-state index in [1.54, 1.807) is 6.26 Å². The molecule has 0 amide bonds. The monoisotopic (exact) mass is 206 g/mol. The Hall–Kier alpha value is -1.31. The Kier molecular flexibility index (Phi) is 3.77. The summed E-state index contributed by atoms with van der Waals surface area (Å²) >= 11 is 0. The van der Waals surface area contributed by atoms with Crippen molar-refractivity contribution in [2.24, 2.45) is 0 Å². The molecule has 4 heteroatoms. The first-order valence-corrected chi connectivity index (χ1v) is 5.10. The molecule has 1 aromatic heterocycles. The lowest BCUT2D eigenvalue weighted by Crippen LogP contribution is -2.36. The van der Waals surface area contributed by atoms with Gasteiger partial charge in [-0.1, -0.05) is 17.0 Å². The molecule has 0 unspecified atom stereocenters. The van der Waals surface area contributed by atoms with Crippen LogP contribution in [0.4, 0.5) is 0 Å². The number of ether oxygens (including phenoxy) is 1. The summed E-state index contributed by atoms with van der Waals surface area (Å²) in [6.07, 6.45) is 2.24. The summed E-state index contributed by atoms with van der Waals surface area (Å²) in [6.45, 7) is 4.44. The fraction of sp³-hybridized carbons (Fsp3) is 0.545. The topological polar surface area (TPSA) is 38.5 Å². The first-order chi connectivity index (χ1) is 7.45. The highest BCUT2D eigenvalue weighted by Crippen LogP contribution is 1.96. The molecule has 0 N–H and O–H groups in total. The number of hydrogen-bond donors (Lipinski definition) is 0. The Balaban J connectivity index is 1.70. The van der Waals surface area contributed by atoms with Crippen molar-refractivity contribution in [1.82, 2.24) is 10.1 Å². The van der Waals surface area contributed by atoms with E-state index in [1.165, 1.54) is 0 Å². The van der Waals surface area contributed by atoms with Crippen molar-refractivity contribution in [1.29, 1.82) is 0 Å². The van der Waals surface area contributed by atoms with Crippen LogP contribution in [0.25, 0.3) is 0 Å². The third kappa shape index (κ3) is 3.39. The fourth-order valence-corrected chi connectivity index (χ4v) is 1.41. The average Bonchev–Trinajstić information content (AvgIpc) is 2.79. The van der Waals surface area contributed by atoms with Gasteiger partial charge in [0.05, 0.1) is 31.9 Å². The van der Waals surface area contributed by atoms with Crippen LogP contribution in [0, 0.1) is 11.8 Å². The van der Waals surface area contributed by atoms with Crippen molar-refractivity contribution >= 4 is 0 Å². The molecule has 0 aliphatic carbocycles. The maximum absolute atomic E-state index is 5.25. The predicted octanol–water partition coefficient (Wildman–Crippen LogP) is 0.553. The van der Waals surface area contributed by atoms with Crippen LogP contribution in [-0.2, 0) is 11.2 Å². The summed E-state index contributed by atoms with van der Waals surface area (Å²) in [5.74, 6) is 6.21. The second-order valence-electron chi connectivity index (χ2n) is 3.41. The lowest BCUT2D eigenvalue weighted by Gasteiger charge is -2.24. The van der Waals surface area contributed by atoms with Gasteiger partial charge in [-0.15, -0.1) is 0 Å². The van der Waals surface area contributed by atoms with Crippen LogP contribution < -0.4 is 0 Å². The molecule has 0 spiro atoms. The van der Waals surface area contributed by atoms with E-state index >= 15 is 0 Å². The summed E-state index contributed by atoms with van der Waals surface area (Å²) in [4.78, 5) is 2.29. The largest absolute Gasteiger partial charge is 0.379 e. The lowest BCUT2D eigenvalue weighted by molar-refractivity contribution is 0.0443. The summed E-state index contributed by atoms with van der Waals surface area (Å²) in [6, 6.07) is 1.84. The van der Waals surface area contributed by atoms with Gasteiger partial charge in [0.25, 0.3) is 0 Å². The second kappa shape index (κ2) is 5.54. The molecule has 1 fully saturated rings. The van der Waals surface area contributed by atoms with E-state index < -0.39 is 0 Å². The van der Waals surface area contributed by atoms with Crippen molar-refractivity contribution < 1.29 is 9.26 Å². The van der Waals surface area contributed by atoms with Crippen molar-refractivity contribution in [3.8, 4) is 11.8 Å². The zero-order valence-electron chi connectivity index (χ0n) is 8.61. The van der Waals surface area contributed by atoms with E-state index in [1.807, 2.05) is 6.07 Å². The predicted molar refractivity (Wildman–Crippen MR) is 55.2 cm³/mol. The average molecular weight is 206 g/mol. The number of nitrogens with zero attached hydrogens (tertiary/aromatic N) is 2. The molecular formula is C11H14N2O2. The van der Waals surface area contributed by atoms with E-state index in [2.05, 4.69) is 21.9 Å². The van der Waals surface area contributed by atoms with Gasteiger partial charge in [0.15, 0.2) is 0 Å². The van der Waals surface area contributed by atoms with Gasteiger partial charge in [0.1, 0.15) is 6.26 Å². The minimum absolute atomic E-state index is 0.668. The van der Waals surface area contributed by atoms with Gasteiger partial charge in [-0.25, -0.2) is 0 Å². The Morgan fingerprint density at radius 1 is 1.33 bits per heavy atom. The molecule has 0 saturated carbocycles. The highest BCUT2D eigenvalue weighted by Gasteiger charge is 2.07. The zero-order valence-corrected chi connectivity index (χ0v) is 8.61. The molecule has 80 valence electrons. The van der Waals surface area contributed by atoms with Crippen molar-refractivity contribution in [2.75, 3.05) is 32.8 Å². The molecule has 2 rings (SSSR count). The SMILES string of the molecule is C(#CCN1CCOCC1)Cc1ccon1. The summed E-state index contributed by atoms with van der Waals surface area (Å²) in [7, 11) is 0. The van der Waals surface area contributed by atoms with Gasteiger partial charge in [0.2, 0.25) is 0 Å².